The summed E-state index contributed by atoms with van der Waals surface area (Å²) in [6.07, 6.45) is 6.27. The standard InChI is InChI=1S/C16H27NO/c1-3-5-7-10-15(17-13-4-2)14-18-16-11-8-6-9-12-16/h6,8-9,11-12,15,17H,3-5,7,10,13-14H2,1-2H3. The summed E-state index contributed by atoms with van der Waals surface area (Å²) in [5.41, 5.74) is 0. The number of hydrogen-bond acceptors (Lipinski definition) is 2. The van der Waals surface area contributed by atoms with Gasteiger partial charge in [-0.3, -0.25) is 0 Å². The zero-order valence-corrected chi connectivity index (χ0v) is 11.8. The summed E-state index contributed by atoms with van der Waals surface area (Å²) < 4.78 is 5.83. The molecular weight excluding hydrogens is 222 g/mol. The molecule has 1 N–H and O–H groups in total. The number of rotatable bonds is 10. The maximum atomic E-state index is 5.83. The maximum absolute atomic E-state index is 5.83. The Morgan fingerprint density at radius 1 is 1.06 bits per heavy atom. The van der Waals surface area contributed by atoms with Gasteiger partial charge in [0, 0.05) is 6.04 Å². The first-order chi connectivity index (χ1) is 8.86. The normalized spacial score (nSPS) is 12.3. The smallest absolute Gasteiger partial charge is 0.119 e. The third kappa shape index (κ3) is 6.65. The van der Waals surface area contributed by atoms with E-state index in [1.54, 1.807) is 0 Å². The van der Waals surface area contributed by atoms with Crippen molar-refractivity contribution in [3.05, 3.63) is 30.3 Å². The highest BCUT2D eigenvalue weighted by Gasteiger charge is 2.08. The van der Waals surface area contributed by atoms with Crippen molar-refractivity contribution in [2.24, 2.45) is 0 Å². The Balaban J connectivity index is 2.30. The molecule has 0 fully saturated rings. The fourth-order valence-electron chi connectivity index (χ4n) is 1.95. The molecule has 0 aliphatic heterocycles. The Bertz CT molecular complexity index is 286. The summed E-state index contributed by atoms with van der Waals surface area (Å²) in [4.78, 5) is 0. The lowest BCUT2D eigenvalue weighted by molar-refractivity contribution is 0.253. The van der Waals surface area contributed by atoms with Crippen LogP contribution in [0.25, 0.3) is 0 Å². The largest absolute Gasteiger partial charge is 0.492 e. The van der Waals surface area contributed by atoms with Gasteiger partial charge < -0.3 is 10.1 Å². The molecule has 0 aliphatic carbocycles. The van der Waals surface area contributed by atoms with Crippen LogP contribution in [0.5, 0.6) is 5.75 Å². The molecular formula is C16H27NO. The van der Waals surface area contributed by atoms with Gasteiger partial charge in [0.25, 0.3) is 0 Å². The topological polar surface area (TPSA) is 21.3 Å². The van der Waals surface area contributed by atoms with Gasteiger partial charge in [0.05, 0.1) is 0 Å². The molecule has 1 aromatic rings. The van der Waals surface area contributed by atoms with Gasteiger partial charge in [-0.25, -0.2) is 0 Å². The summed E-state index contributed by atoms with van der Waals surface area (Å²) in [5.74, 6) is 0.969. The molecule has 0 bridgehead atoms. The van der Waals surface area contributed by atoms with Crippen LogP contribution in [-0.2, 0) is 0 Å². The van der Waals surface area contributed by atoms with Crippen LogP contribution >= 0.6 is 0 Å². The van der Waals surface area contributed by atoms with Crippen LogP contribution in [0, 0.1) is 0 Å². The highest BCUT2D eigenvalue weighted by molar-refractivity contribution is 5.20. The molecule has 0 saturated heterocycles. The van der Waals surface area contributed by atoms with E-state index < -0.39 is 0 Å². The second-order valence-corrected chi connectivity index (χ2v) is 4.77. The van der Waals surface area contributed by atoms with Crippen molar-refractivity contribution in [3.63, 3.8) is 0 Å². The Labute approximate surface area is 112 Å². The molecule has 1 aromatic carbocycles. The van der Waals surface area contributed by atoms with E-state index in [2.05, 4.69) is 19.2 Å². The molecule has 0 amide bonds. The Morgan fingerprint density at radius 3 is 2.50 bits per heavy atom. The van der Waals surface area contributed by atoms with Gasteiger partial charge in [0.2, 0.25) is 0 Å². The quantitative estimate of drug-likeness (QED) is 0.632. The second kappa shape index (κ2) is 9.95. The fraction of sp³-hybridized carbons (Fsp3) is 0.625. The van der Waals surface area contributed by atoms with Crippen LogP contribution < -0.4 is 10.1 Å². The van der Waals surface area contributed by atoms with Crippen LogP contribution in [-0.4, -0.2) is 19.2 Å². The van der Waals surface area contributed by atoms with Gasteiger partial charge in [-0.2, -0.15) is 0 Å². The lowest BCUT2D eigenvalue weighted by Gasteiger charge is -2.19. The number of benzene rings is 1. The molecule has 18 heavy (non-hydrogen) atoms. The highest BCUT2D eigenvalue weighted by atomic mass is 16.5. The third-order valence-corrected chi connectivity index (χ3v) is 3.03. The Morgan fingerprint density at radius 2 is 1.83 bits per heavy atom. The van der Waals surface area contributed by atoms with E-state index in [4.69, 9.17) is 4.74 Å². The summed E-state index contributed by atoms with van der Waals surface area (Å²) in [7, 11) is 0. The first-order valence-electron chi connectivity index (χ1n) is 7.28. The van der Waals surface area contributed by atoms with Gasteiger partial charge in [-0.05, 0) is 31.5 Å². The minimum Gasteiger partial charge on any atom is -0.492 e. The fourth-order valence-corrected chi connectivity index (χ4v) is 1.95. The van der Waals surface area contributed by atoms with Crippen molar-refractivity contribution in [3.8, 4) is 5.75 Å². The Hall–Kier alpha value is -1.02. The average Bonchev–Trinajstić information content (AvgIpc) is 2.42. The molecule has 0 aromatic heterocycles. The van der Waals surface area contributed by atoms with Crippen molar-refractivity contribution in [1.29, 1.82) is 0 Å². The monoisotopic (exact) mass is 249 g/mol. The summed E-state index contributed by atoms with van der Waals surface area (Å²) >= 11 is 0. The summed E-state index contributed by atoms with van der Waals surface area (Å²) in [5, 5.41) is 3.57. The van der Waals surface area contributed by atoms with Crippen molar-refractivity contribution in [2.45, 2.75) is 52.0 Å². The van der Waals surface area contributed by atoms with E-state index in [-0.39, 0.29) is 0 Å². The van der Waals surface area contributed by atoms with Crippen LogP contribution in [0.1, 0.15) is 46.0 Å². The predicted octanol–water partition coefficient (Wildman–Crippen LogP) is 4.01. The molecule has 0 aliphatic rings. The number of ether oxygens (including phenoxy) is 1. The zero-order valence-electron chi connectivity index (χ0n) is 11.8. The minimum absolute atomic E-state index is 0.483. The number of hydrogen-bond donors (Lipinski definition) is 1. The molecule has 0 radical (unpaired) electrons. The molecule has 2 nitrogen and oxygen atoms in total. The molecule has 0 saturated carbocycles. The predicted molar refractivity (Wildman–Crippen MR) is 78.2 cm³/mol. The van der Waals surface area contributed by atoms with Crippen LogP contribution in [0.3, 0.4) is 0 Å². The SMILES string of the molecule is CCCCCC(COc1ccccc1)NCCC. The van der Waals surface area contributed by atoms with Gasteiger partial charge in [0.1, 0.15) is 12.4 Å². The molecule has 1 unspecified atom stereocenters. The van der Waals surface area contributed by atoms with Gasteiger partial charge in [-0.1, -0.05) is 51.3 Å². The van der Waals surface area contributed by atoms with E-state index in [1.807, 2.05) is 30.3 Å². The molecule has 102 valence electrons. The van der Waals surface area contributed by atoms with E-state index in [0.717, 1.165) is 18.9 Å². The molecule has 1 atom stereocenters. The lowest BCUT2D eigenvalue weighted by atomic mass is 10.1. The van der Waals surface area contributed by atoms with E-state index in [0.29, 0.717) is 6.04 Å². The number of para-hydroxylation sites is 1. The lowest BCUT2D eigenvalue weighted by Crippen LogP contribution is -2.35. The first kappa shape index (κ1) is 15.0. The summed E-state index contributed by atoms with van der Waals surface area (Å²) in [6.45, 7) is 6.30. The molecule has 0 spiro atoms. The minimum atomic E-state index is 0.483. The zero-order chi connectivity index (χ0) is 13.1. The van der Waals surface area contributed by atoms with Crippen molar-refractivity contribution >= 4 is 0 Å². The molecule has 2 heteroatoms. The van der Waals surface area contributed by atoms with Crippen molar-refractivity contribution < 1.29 is 4.74 Å². The van der Waals surface area contributed by atoms with Crippen molar-refractivity contribution in [1.82, 2.24) is 5.32 Å². The van der Waals surface area contributed by atoms with Crippen molar-refractivity contribution in [2.75, 3.05) is 13.2 Å². The average molecular weight is 249 g/mol. The third-order valence-electron chi connectivity index (χ3n) is 3.03. The maximum Gasteiger partial charge on any atom is 0.119 e. The van der Waals surface area contributed by atoms with Gasteiger partial charge in [0.15, 0.2) is 0 Å². The van der Waals surface area contributed by atoms with Crippen LogP contribution in [0.15, 0.2) is 30.3 Å². The van der Waals surface area contributed by atoms with Gasteiger partial charge >= 0.3 is 0 Å². The highest BCUT2D eigenvalue weighted by Crippen LogP contribution is 2.10. The number of unbranched alkanes of at least 4 members (excludes halogenated alkanes) is 2. The first-order valence-corrected chi connectivity index (χ1v) is 7.28. The van der Waals surface area contributed by atoms with E-state index in [9.17, 15) is 0 Å². The van der Waals surface area contributed by atoms with Gasteiger partial charge in [-0.15, -0.1) is 0 Å². The number of nitrogens with one attached hydrogen (secondary N) is 1. The molecule has 1 rings (SSSR count). The summed E-state index contributed by atoms with van der Waals surface area (Å²) in [6, 6.07) is 10.6. The van der Waals surface area contributed by atoms with Crippen LogP contribution in [0.2, 0.25) is 0 Å². The van der Waals surface area contributed by atoms with Crippen LogP contribution in [0.4, 0.5) is 0 Å². The molecule has 0 heterocycles. The second-order valence-electron chi connectivity index (χ2n) is 4.77. The van der Waals surface area contributed by atoms with E-state index in [1.165, 1.54) is 32.1 Å². The van der Waals surface area contributed by atoms with E-state index >= 15 is 0 Å². The Kier molecular flexibility index (Phi) is 8.32.